The molecular weight excluding hydrogens is 823 g/mol. The van der Waals surface area contributed by atoms with Crippen LogP contribution in [0.1, 0.15) is 104 Å². The van der Waals surface area contributed by atoms with Crippen LogP contribution >= 0.6 is 11.8 Å². The van der Waals surface area contributed by atoms with E-state index in [9.17, 15) is 32.7 Å². The number of pyridine rings is 1. The lowest BCUT2D eigenvalue weighted by Crippen LogP contribution is -2.58. The molecule has 1 unspecified atom stereocenters. The number of methoxy groups -OCH3 is 1. The van der Waals surface area contributed by atoms with E-state index in [0.29, 0.717) is 71.7 Å². The molecule has 3 fully saturated rings. The van der Waals surface area contributed by atoms with Crippen LogP contribution in [-0.4, -0.2) is 106 Å². The van der Waals surface area contributed by atoms with E-state index in [1.807, 2.05) is 45.1 Å². The Morgan fingerprint density at radius 1 is 1.13 bits per heavy atom. The molecule has 0 spiro atoms. The predicted molar refractivity (Wildman–Crippen MR) is 232 cm³/mol. The molecule has 1 aromatic heterocycles. The molecule has 61 heavy (non-hydrogen) atoms. The van der Waals surface area contributed by atoms with Crippen molar-refractivity contribution in [2.75, 3.05) is 13.7 Å². The maximum absolute atomic E-state index is 14.9. The Kier molecular flexibility index (Phi) is 12.5. The third-order valence-electron chi connectivity index (χ3n) is 12.6. The second kappa shape index (κ2) is 17.1. The highest BCUT2D eigenvalue weighted by Gasteiger charge is 2.63. The zero-order chi connectivity index (χ0) is 44.1. The summed E-state index contributed by atoms with van der Waals surface area (Å²) in [6.45, 7) is 10.6. The van der Waals surface area contributed by atoms with Crippen LogP contribution in [0.25, 0.3) is 10.9 Å². The molecule has 7 rings (SSSR count). The molecule has 1 aromatic carbocycles. The fourth-order valence-corrected chi connectivity index (χ4v) is 10.8. The van der Waals surface area contributed by atoms with Crippen molar-refractivity contribution in [3.63, 3.8) is 0 Å². The monoisotopic (exact) mass is 881 g/mol. The molecule has 5 aliphatic rings. The van der Waals surface area contributed by atoms with Crippen molar-refractivity contribution in [1.29, 1.82) is 0 Å². The molecule has 4 heterocycles. The van der Waals surface area contributed by atoms with Gasteiger partial charge in [-0.1, -0.05) is 31.1 Å². The fourth-order valence-electron chi connectivity index (χ4n) is 8.38. The van der Waals surface area contributed by atoms with E-state index in [4.69, 9.17) is 19.2 Å². The zero-order valence-corrected chi connectivity index (χ0v) is 37.7. The molecule has 3 aliphatic heterocycles. The second-order valence-corrected chi connectivity index (χ2v) is 21.6. The van der Waals surface area contributed by atoms with Gasteiger partial charge in [0.25, 0.3) is 11.8 Å². The van der Waals surface area contributed by atoms with Crippen LogP contribution in [-0.2, 0) is 29.2 Å². The number of rotatable bonds is 11. The molecular formula is C44H59N5O10S2. The summed E-state index contributed by atoms with van der Waals surface area (Å²) in [6.07, 6.45) is 9.37. The minimum Gasteiger partial charge on any atom is -0.496 e. The average molecular weight is 882 g/mol. The summed E-state index contributed by atoms with van der Waals surface area (Å²) >= 11 is 1.27. The van der Waals surface area contributed by atoms with Crippen LogP contribution in [0.3, 0.4) is 0 Å². The van der Waals surface area contributed by atoms with Crippen molar-refractivity contribution in [1.82, 2.24) is 25.2 Å². The standard InChI is InChI=1S/C44H59N5O10S2/c1-25(2)58-36-22-33(29-15-16-32(57-7)26(3)37(29)46-36)59-28-21-31-38(50)47-44(41(53)48-61(55,56)43(6)19-20-43)23-27(44)13-11-9-8-10-12-14-30(40(52)49(31)24-28)45-39(51)34-17-18-35(60-34)42(4,5)54/h11,13,15-17,22,25,27-28,30-31,35,54H,8-10,12,14,18-21,23-24H2,1-7H3,(H,45,51)(H,47,50)(H,48,53)/b13-11-/t27-,28-,30+,31+,35?,44-/m1/s1. The second-order valence-electron chi connectivity index (χ2n) is 18.2. The minimum atomic E-state index is -4.02. The lowest BCUT2D eigenvalue weighted by atomic mass is 10.0. The Balaban J connectivity index is 1.22. The van der Waals surface area contributed by atoms with E-state index >= 15 is 0 Å². The highest BCUT2D eigenvalue weighted by molar-refractivity contribution is 8.04. The van der Waals surface area contributed by atoms with Crippen LogP contribution in [0.2, 0.25) is 0 Å². The topological polar surface area (TPSA) is 203 Å². The highest BCUT2D eigenvalue weighted by atomic mass is 32.2. The lowest BCUT2D eigenvalue weighted by molar-refractivity contribution is -0.142. The molecule has 0 radical (unpaired) electrons. The van der Waals surface area contributed by atoms with Gasteiger partial charge in [-0.25, -0.2) is 13.4 Å². The number of amides is 4. The van der Waals surface area contributed by atoms with Crippen LogP contribution in [0.5, 0.6) is 17.4 Å². The number of aromatic nitrogens is 1. The Labute approximate surface area is 362 Å². The first-order valence-corrected chi connectivity index (χ1v) is 23.7. The van der Waals surface area contributed by atoms with Crippen LogP contribution in [0.4, 0.5) is 0 Å². The van der Waals surface area contributed by atoms with Crippen LogP contribution in [0, 0.1) is 12.8 Å². The van der Waals surface area contributed by atoms with Crippen molar-refractivity contribution in [2.45, 2.75) is 151 Å². The quantitative estimate of drug-likeness (QED) is 0.227. The molecule has 332 valence electrons. The maximum atomic E-state index is 14.9. The Bertz CT molecular complexity index is 2250. The van der Waals surface area contributed by atoms with Crippen molar-refractivity contribution < 1.29 is 46.9 Å². The summed E-state index contributed by atoms with van der Waals surface area (Å²) in [4.78, 5) is 64.0. The number of fused-ring (bicyclic) bond motifs is 3. The number of ether oxygens (including phenoxy) is 3. The normalized spacial score (nSPS) is 28.4. The third kappa shape index (κ3) is 9.38. The zero-order valence-electron chi connectivity index (χ0n) is 36.0. The number of carbonyl (C=O) groups excluding carboxylic acids is 4. The van der Waals surface area contributed by atoms with E-state index < -0.39 is 73.6 Å². The number of aliphatic hydroxyl groups is 1. The first-order chi connectivity index (χ1) is 28.7. The van der Waals surface area contributed by atoms with Gasteiger partial charge in [0.15, 0.2) is 0 Å². The Morgan fingerprint density at radius 3 is 2.56 bits per heavy atom. The summed E-state index contributed by atoms with van der Waals surface area (Å²) in [5, 5.41) is 17.0. The third-order valence-corrected chi connectivity index (χ3v) is 16.4. The minimum absolute atomic E-state index is 0.0282. The number of nitrogens with zero attached hydrogens (tertiary/aromatic N) is 2. The molecule has 2 saturated carbocycles. The molecule has 0 bridgehead atoms. The molecule has 4 amide bonds. The summed E-state index contributed by atoms with van der Waals surface area (Å²) in [5.41, 5.74) is -1.20. The van der Waals surface area contributed by atoms with Gasteiger partial charge in [0.05, 0.1) is 40.5 Å². The number of nitrogens with one attached hydrogen (secondary N) is 3. The number of sulfonamides is 1. The number of carbonyl (C=O) groups is 4. The number of thioether (sulfide) groups is 1. The molecule has 2 aliphatic carbocycles. The van der Waals surface area contributed by atoms with E-state index in [0.717, 1.165) is 18.4 Å². The molecule has 6 atom stereocenters. The van der Waals surface area contributed by atoms with E-state index in [2.05, 4.69) is 15.4 Å². The first kappa shape index (κ1) is 44.7. The van der Waals surface area contributed by atoms with Gasteiger partial charge in [0, 0.05) is 34.6 Å². The van der Waals surface area contributed by atoms with E-state index in [1.54, 1.807) is 40.0 Å². The van der Waals surface area contributed by atoms with Gasteiger partial charge in [-0.2, -0.15) is 0 Å². The molecule has 4 N–H and O–H groups in total. The molecule has 15 nitrogen and oxygen atoms in total. The molecule has 2 aromatic rings. The smallest absolute Gasteiger partial charge is 0.259 e. The van der Waals surface area contributed by atoms with Gasteiger partial charge in [0.1, 0.15) is 35.2 Å². The molecule has 1 saturated heterocycles. The number of aryl methyl sites for hydroxylation is 1. The lowest BCUT2D eigenvalue weighted by Gasteiger charge is -2.30. The van der Waals surface area contributed by atoms with Crippen molar-refractivity contribution in [3.05, 3.63) is 46.9 Å². The van der Waals surface area contributed by atoms with Gasteiger partial charge in [0.2, 0.25) is 27.7 Å². The summed E-state index contributed by atoms with van der Waals surface area (Å²) in [5.74, 6) is -1.44. The van der Waals surface area contributed by atoms with Crippen molar-refractivity contribution in [2.24, 2.45) is 5.92 Å². The van der Waals surface area contributed by atoms with Gasteiger partial charge < -0.3 is 34.9 Å². The summed E-state index contributed by atoms with van der Waals surface area (Å²) < 4.78 is 46.1. The predicted octanol–water partition coefficient (Wildman–Crippen LogP) is 4.73. The Morgan fingerprint density at radius 2 is 1.89 bits per heavy atom. The van der Waals surface area contributed by atoms with Gasteiger partial charge in [-0.05, 0) is 98.6 Å². The largest absolute Gasteiger partial charge is 0.496 e. The van der Waals surface area contributed by atoms with Crippen molar-refractivity contribution in [3.8, 4) is 17.4 Å². The number of benzene rings is 1. The average Bonchev–Trinajstić information content (AvgIpc) is 3.95. The number of allylic oxidation sites excluding steroid dienone is 2. The van der Waals surface area contributed by atoms with Crippen LogP contribution < -0.4 is 29.6 Å². The summed E-state index contributed by atoms with van der Waals surface area (Å²) in [7, 11) is -2.44. The fraction of sp³-hybridized carbons (Fsp3) is 0.614. The number of hydrogen-bond donors (Lipinski definition) is 4. The van der Waals surface area contributed by atoms with Crippen molar-refractivity contribution >= 4 is 56.3 Å². The van der Waals surface area contributed by atoms with Gasteiger partial charge in [-0.3, -0.25) is 23.9 Å². The maximum Gasteiger partial charge on any atom is 0.259 e. The highest BCUT2D eigenvalue weighted by Crippen LogP contribution is 2.48. The molecule has 17 heteroatoms. The Hall–Kier alpha value is -4.35. The van der Waals surface area contributed by atoms with Crippen LogP contribution in [0.15, 0.2) is 41.3 Å². The van der Waals surface area contributed by atoms with E-state index in [-0.39, 0.29) is 30.7 Å². The first-order valence-electron chi connectivity index (χ1n) is 21.3. The SMILES string of the molecule is COc1ccc2c(O[C@@H]3C[C@H]4C(=O)N[C@]5(C(=O)NS(=O)(=O)C6(C)CC6)C[C@H]5/C=C\CCCCC[C@H](NC(=O)C5=CCC(C(C)(C)O)S5)C(=O)N4C3)cc(OC(C)C)nc2c1C. The number of hydrogen-bond acceptors (Lipinski definition) is 12. The van der Waals surface area contributed by atoms with E-state index in [1.165, 1.54) is 16.7 Å². The van der Waals surface area contributed by atoms with Gasteiger partial charge in [-0.15, -0.1) is 11.8 Å². The van der Waals surface area contributed by atoms with Gasteiger partial charge >= 0.3 is 0 Å². The summed E-state index contributed by atoms with van der Waals surface area (Å²) in [6, 6.07) is 3.19.